The molecule has 0 aliphatic rings. The molecule has 0 saturated carbocycles. The highest BCUT2D eigenvalue weighted by atomic mass is 16.1. The standard InChI is InChI=1S/C12H11N3O/c1-10(16)7-8-11-9-13-15(14-11)12-5-3-2-4-6-12/h2-9H,1H3. The fraction of sp³-hybridized carbons (Fsp3) is 0.0833. The molecular formula is C12H11N3O. The number of para-hydroxylation sites is 1. The summed E-state index contributed by atoms with van der Waals surface area (Å²) in [6.45, 7) is 1.50. The van der Waals surface area contributed by atoms with Gasteiger partial charge in [-0.3, -0.25) is 4.79 Å². The number of ketones is 1. The number of allylic oxidation sites excluding steroid dienone is 1. The second kappa shape index (κ2) is 4.53. The number of carbonyl (C=O) groups is 1. The number of hydrogen-bond acceptors (Lipinski definition) is 3. The van der Waals surface area contributed by atoms with Gasteiger partial charge in [0.05, 0.1) is 11.9 Å². The van der Waals surface area contributed by atoms with E-state index in [2.05, 4.69) is 10.2 Å². The van der Waals surface area contributed by atoms with E-state index in [1.54, 1.807) is 12.3 Å². The van der Waals surface area contributed by atoms with Gasteiger partial charge in [0.25, 0.3) is 0 Å². The van der Waals surface area contributed by atoms with E-state index in [4.69, 9.17) is 0 Å². The summed E-state index contributed by atoms with van der Waals surface area (Å²) < 4.78 is 0. The van der Waals surface area contributed by atoms with Crippen molar-refractivity contribution in [3.8, 4) is 5.69 Å². The van der Waals surface area contributed by atoms with Crippen LogP contribution in [-0.4, -0.2) is 20.8 Å². The zero-order chi connectivity index (χ0) is 11.4. The summed E-state index contributed by atoms with van der Waals surface area (Å²) in [7, 11) is 0. The highest BCUT2D eigenvalue weighted by molar-refractivity contribution is 5.91. The van der Waals surface area contributed by atoms with E-state index < -0.39 is 0 Å². The van der Waals surface area contributed by atoms with Crippen molar-refractivity contribution in [3.05, 3.63) is 48.3 Å². The van der Waals surface area contributed by atoms with Gasteiger partial charge in [0.2, 0.25) is 0 Å². The van der Waals surface area contributed by atoms with Crippen molar-refractivity contribution in [2.75, 3.05) is 0 Å². The van der Waals surface area contributed by atoms with E-state index in [-0.39, 0.29) is 5.78 Å². The van der Waals surface area contributed by atoms with Gasteiger partial charge in [-0.15, -0.1) is 5.10 Å². The van der Waals surface area contributed by atoms with Crippen LogP contribution in [0.15, 0.2) is 42.6 Å². The summed E-state index contributed by atoms with van der Waals surface area (Å²) in [4.78, 5) is 12.3. The molecule has 80 valence electrons. The van der Waals surface area contributed by atoms with Crippen molar-refractivity contribution >= 4 is 11.9 Å². The number of benzene rings is 1. The Labute approximate surface area is 93.2 Å². The molecule has 0 amide bonds. The van der Waals surface area contributed by atoms with Crippen molar-refractivity contribution in [1.29, 1.82) is 0 Å². The van der Waals surface area contributed by atoms with E-state index in [1.807, 2.05) is 30.3 Å². The van der Waals surface area contributed by atoms with E-state index in [1.165, 1.54) is 17.8 Å². The normalized spacial score (nSPS) is 10.8. The fourth-order valence-electron chi connectivity index (χ4n) is 1.24. The van der Waals surface area contributed by atoms with Gasteiger partial charge in [-0.05, 0) is 31.2 Å². The first kappa shape index (κ1) is 10.3. The van der Waals surface area contributed by atoms with Gasteiger partial charge in [-0.2, -0.15) is 9.90 Å². The van der Waals surface area contributed by atoms with Crippen LogP contribution in [0.25, 0.3) is 11.8 Å². The maximum Gasteiger partial charge on any atom is 0.152 e. The number of hydrogen-bond donors (Lipinski definition) is 0. The average molecular weight is 213 g/mol. The second-order valence-electron chi connectivity index (χ2n) is 3.34. The van der Waals surface area contributed by atoms with Gasteiger partial charge < -0.3 is 0 Å². The first-order valence-electron chi connectivity index (χ1n) is 4.92. The Balaban J connectivity index is 2.23. The van der Waals surface area contributed by atoms with Gasteiger partial charge in [0.15, 0.2) is 5.78 Å². The lowest BCUT2D eigenvalue weighted by Crippen LogP contribution is -1.97. The van der Waals surface area contributed by atoms with Crippen LogP contribution in [0.3, 0.4) is 0 Å². The molecule has 0 unspecified atom stereocenters. The van der Waals surface area contributed by atoms with Crippen molar-refractivity contribution in [3.63, 3.8) is 0 Å². The molecule has 0 N–H and O–H groups in total. The molecule has 1 heterocycles. The molecule has 0 fully saturated rings. The molecule has 4 heteroatoms. The van der Waals surface area contributed by atoms with Crippen LogP contribution in [0, 0.1) is 0 Å². The van der Waals surface area contributed by atoms with Crippen LogP contribution in [0.5, 0.6) is 0 Å². The van der Waals surface area contributed by atoms with E-state index in [0.29, 0.717) is 5.69 Å². The molecule has 0 atom stereocenters. The summed E-state index contributed by atoms with van der Waals surface area (Å²) in [6.07, 6.45) is 4.74. The van der Waals surface area contributed by atoms with Crippen LogP contribution in [0.2, 0.25) is 0 Å². The van der Waals surface area contributed by atoms with Gasteiger partial charge in [0, 0.05) is 0 Å². The summed E-state index contributed by atoms with van der Waals surface area (Å²) in [5.41, 5.74) is 1.56. The minimum Gasteiger partial charge on any atom is -0.295 e. The highest BCUT2D eigenvalue weighted by Crippen LogP contribution is 2.04. The molecule has 1 aromatic heterocycles. The zero-order valence-electron chi connectivity index (χ0n) is 8.87. The van der Waals surface area contributed by atoms with Crippen molar-refractivity contribution in [1.82, 2.24) is 15.0 Å². The number of rotatable bonds is 3. The van der Waals surface area contributed by atoms with Gasteiger partial charge >= 0.3 is 0 Å². The maximum atomic E-state index is 10.8. The Hall–Kier alpha value is -2.23. The quantitative estimate of drug-likeness (QED) is 0.731. The molecule has 4 nitrogen and oxygen atoms in total. The van der Waals surface area contributed by atoms with Gasteiger partial charge in [0.1, 0.15) is 5.69 Å². The molecule has 0 saturated heterocycles. The van der Waals surface area contributed by atoms with Gasteiger partial charge in [-0.1, -0.05) is 18.2 Å². The van der Waals surface area contributed by atoms with E-state index >= 15 is 0 Å². The summed E-state index contributed by atoms with van der Waals surface area (Å²) in [6, 6.07) is 9.61. The van der Waals surface area contributed by atoms with Crippen LogP contribution < -0.4 is 0 Å². The topological polar surface area (TPSA) is 47.8 Å². The SMILES string of the molecule is CC(=O)C=Cc1cnn(-c2ccccc2)n1. The third kappa shape index (κ3) is 2.42. The summed E-state index contributed by atoms with van der Waals surface area (Å²) in [5, 5.41) is 8.33. The molecule has 0 spiro atoms. The lowest BCUT2D eigenvalue weighted by atomic mass is 10.3. The second-order valence-corrected chi connectivity index (χ2v) is 3.34. The molecule has 0 aliphatic heterocycles. The van der Waals surface area contributed by atoms with Crippen molar-refractivity contribution < 1.29 is 4.79 Å². The molecule has 1 aromatic carbocycles. The fourth-order valence-corrected chi connectivity index (χ4v) is 1.24. The Morgan fingerprint density at radius 3 is 2.75 bits per heavy atom. The predicted molar refractivity (Wildman–Crippen MR) is 61.1 cm³/mol. The van der Waals surface area contributed by atoms with E-state index in [0.717, 1.165) is 5.69 Å². The third-order valence-corrected chi connectivity index (χ3v) is 1.99. The zero-order valence-corrected chi connectivity index (χ0v) is 8.87. The molecule has 2 aromatic rings. The van der Waals surface area contributed by atoms with Crippen LogP contribution in [0.4, 0.5) is 0 Å². The Bertz CT molecular complexity index is 514. The lowest BCUT2D eigenvalue weighted by molar-refractivity contribution is -0.112. The molecule has 0 aliphatic carbocycles. The molecule has 0 radical (unpaired) electrons. The van der Waals surface area contributed by atoms with E-state index in [9.17, 15) is 4.79 Å². The highest BCUT2D eigenvalue weighted by Gasteiger charge is 1.99. The maximum absolute atomic E-state index is 10.8. The average Bonchev–Trinajstić information content (AvgIpc) is 2.76. The molecule has 16 heavy (non-hydrogen) atoms. The molecule has 2 rings (SSSR count). The van der Waals surface area contributed by atoms with Crippen molar-refractivity contribution in [2.24, 2.45) is 0 Å². The number of carbonyl (C=O) groups excluding carboxylic acids is 1. The summed E-state index contributed by atoms with van der Waals surface area (Å²) in [5.74, 6) is -0.00531. The Morgan fingerprint density at radius 1 is 1.31 bits per heavy atom. The molecular weight excluding hydrogens is 202 g/mol. The van der Waals surface area contributed by atoms with Crippen LogP contribution >= 0.6 is 0 Å². The largest absolute Gasteiger partial charge is 0.295 e. The van der Waals surface area contributed by atoms with Crippen LogP contribution in [-0.2, 0) is 4.79 Å². The number of aromatic nitrogens is 3. The monoisotopic (exact) mass is 213 g/mol. The van der Waals surface area contributed by atoms with Crippen LogP contribution in [0.1, 0.15) is 12.6 Å². The Kier molecular flexibility index (Phi) is 2.91. The molecule has 0 bridgehead atoms. The Morgan fingerprint density at radius 2 is 2.06 bits per heavy atom. The predicted octanol–water partition coefficient (Wildman–Crippen LogP) is 1.87. The lowest BCUT2D eigenvalue weighted by Gasteiger charge is -1.96. The third-order valence-electron chi connectivity index (χ3n) is 1.99. The first-order chi connectivity index (χ1) is 7.75. The number of nitrogens with zero attached hydrogens (tertiary/aromatic N) is 3. The summed E-state index contributed by atoms with van der Waals surface area (Å²) >= 11 is 0. The minimum absolute atomic E-state index is 0.00531. The van der Waals surface area contributed by atoms with Gasteiger partial charge in [-0.25, -0.2) is 0 Å². The minimum atomic E-state index is -0.00531. The smallest absolute Gasteiger partial charge is 0.152 e. The van der Waals surface area contributed by atoms with Crippen molar-refractivity contribution in [2.45, 2.75) is 6.92 Å². The first-order valence-corrected chi connectivity index (χ1v) is 4.92.